The number of carbonyl (C=O) groups excluding carboxylic acids is 1. The van der Waals surface area contributed by atoms with Crippen molar-refractivity contribution in [1.82, 2.24) is 5.32 Å². The Hall–Kier alpha value is -1.10. The molecule has 4 nitrogen and oxygen atoms in total. The van der Waals surface area contributed by atoms with Gasteiger partial charge in [0, 0.05) is 23.2 Å². The molecule has 0 saturated carbocycles. The van der Waals surface area contributed by atoms with E-state index in [1.165, 1.54) is 0 Å². The number of carbonyl (C=O) groups is 1. The summed E-state index contributed by atoms with van der Waals surface area (Å²) in [6.07, 6.45) is 0.743. The molecule has 0 bridgehead atoms. The molecular formula is C14H21ClN2O2. The highest BCUT2D eigenvalue weighted by molar-refractivity contribution is 6.30. The Morgan fingerprint density at radius 3 is 2.79 bits per heavy atom. The summed E-state index contributed by atoms with van der Waals surface area (Å²) in [5.74, 6) is -0.0562. The molecule has 0 spiro atoms. The van der Waals surface area contributed by atoms with E-state index in [1.54, 1.807) is 31.2 Å². The molecule has 1 rings (SSSR count). The fourth-order valence-electron chi connectivity index (χ4n) is 1.67. The lowest BCUT2D eigenvalue weighted by atomic mass is 10.2. The fourth-order valence-corrected chi connectivity index (χ4v) is 1.86. The quantitative estimate of drug-likeness (QED) is 0.721. The van der Waals surface area contributed by atoms with Crippen LogP contribution in [0.25, 0.3) is 0 Å². The van der Waals surface area contributed by atoms with E-state index < -0.39 is 0 Å². The Balaban J connectivity index is 2.30. The minimum atomic E-state index is -0.319. The third-order valence-electron chi connectivity index (χ3n) is 2.65. The third-order valence-corrected chi connectivity index (χ3v) is 2.89. The highest BCUT2D eigenvalue weighted by Gasteiger charge is 2.09. The van der Waals surface area contributed by atoms with Crippen LogP contribution < -0.4 is 10.6 Å². The van der Waals surface area contributed by atoms with E-state index in [0.717, 1.165) is 0 Å². The van der Waals surface area contributed by atoms with Gasteiger partial charge in [0.1, 0.15) is 0 Å². The predicted octanol–water partition coefficient (Wildman–Crippen LogP) is 2.42. The summed E-state index contributed by atoms with van der Waals surface area (Å²) in [5.41, 5.74) is 0.702. The summed E-state index contributed by atoms with van der Waals surface area (Å²) in [6, 6.07) is 7.14. The number of nitrogens with one attached hydrogen (secondary N) is 2. The summed E-state index contributed by atoms with van der Waals surface area (Å²) in [6.45, 7) is 4.39. The maximum absolute atomic E-state index is 11.8. The van der Waals surface area contributed by atoms with Gasteiger partial charge < -0.3 is 15.7 Å². The Morgan fingerprint density at radius 1 is 1.42 bits per heavy atom. The molecule has 106 valence electrons. The number of hydrogen-bond donors (Lipinski definition) is 3. The van der Waals surface area contributed by atoms with Crippen LogP contribution in [0, 0.1) is 0 Å². The van der Waals surface area contributed by atoms with Gasteiger partial charge in [0.15, 0.2) is 0 Å². The van der Waals surface area contributed by atoms with Crippen LogP contribution in [0.15, 0.2) is 24.3 Å². The zero-order valence-corrected chi connectivity index (χ0v) is 12.1. The fraction of sp³-hybridized carbons (Fsp3) is 0.500. The summed E-state index contributed by atoms with van der Waals surface area (Å²) < 4.78 is 0. The van der Waals surface area contributed by atoms with Crippen molar-refractivity contribution in [3.05, 3.63) is 29.3 Å². The van der Waals surface area contributed by atoms with Crippen molar-refractivity contribution < 1.29 is 9.90 Å². The molecule has 2 atom stereocenters. The minimum absolute atomic E-state index is 0.0562. The van der Waals surface area contributed by atoms with E-state index in [4.69, 9.17) is 16.7 Å². The first kappa shape index (κ1) is 16.0. The standard InChI is InChI=1S/C14H21ClN2O2/c1-10(16-7-6-11(2)18)8-14(19)17-13-5-3-4-12(15)9-13/h3-5,9-11,16,18H,6-8H2,1-2H3,(H,17,19). The predicted molar refractivity (Wildman–Crippen MR) is 78.5 cm³/mol. The van der Waals surface area contributed by atoms with Crippen LogP contribution in [0.1, 0.15) is 26.7 Å². The van der Waals surface area contributed by atoms with E-state index in [1.807, 2.05) is 6.92 Å². The first-order chi connectivity index (χ1) is 8.97. The van der Waals surface area contributed by atoms with Gasteiger partial charge in [-0.1, -0.05) is 17.7 Å². The number of hydrogen-bond acceptors (Lipinski definition) is 3. The number of amides is 1. The zero-order valence-electron chi connectivity index (χ0n) is 11.3. The lowest BCUT2D eigenvalue weighted by Gasteiger charge is -2.14. The molecule has 1 aromatic carbocycles. The second-order valence-corrected chi connectivity index (χ2v) is 5.19. The first-order valence-corrected chi connectivity index (χ1v) is 6.82. The van der Waals surface area contributed by atoms with Crippen molar-refractivity contribution in [1.29, 1.82) is 0 Å². The SMILES string of the molecule is CC(O)CCNC(C)CC(=O)Nc1cccc(Cl)c1. The van der Waals surface area contributed by atoms with Gasteiger partial charge in [-0.2, -0.15) is 0 Å². The van der Waals surface area contributed by atoms with Crippen LogP contribution in [0.2, 0.25) is 5.02 Å². The van der Waals surface area contributed by atoms with Crippen molar-refractivity contribution in [3.63, 3.8) is 0 Å². The van der Waals surface area contributed by atoms with Crippen LogP contribution in [0.3, 0.4) is 0 Å². The molecule has 0 aliphatic carbocycles. The van der Waals surface area contributed by atoms with Crippen LogP contribution in [-0.4, -0.2) is 29.7 Å². The molecule has 0 aliphatic heterocycles. The van der Waals surface area contributed by atoms with Gasteiger partial charge >= 0.3 is 0 Å². The largest absolute Gasteiger partial charge is 0.393 e. The van der Waals surface area contributed by atoms with Gasteiger partial charge in [-0.25, -0.2) is 0 Å². The molecule has 3 N–H and O–H groups in total. The molecule has 19 heavy (non-hydrogen) atoms. The van der Waals surface area contributed by atoms with E-state index in [-0.39, 0.29) is 18.1 Å². The smallest absolute Gasteiger partial charge is 0.225 e. The maximum Gasteiger partial charge on any atom is 0.225 e. The Labute approximate surface area is 119 Å². The number of rotatable bonds is 7. The van der Waals surface area contributed by atoms with E-state index in [2.05, 4.69) is 10.6 Å². The maximum atomic E-state index is 11.8. The van der Waals surface area contributed by atoms with Crippen LogP contribution in [0.4, 0.5) is 5.69 Å². The number of halogens is 1. The second kappa shape index (κ2) is 8.15. The number of anilines is 1. The van der Waals surface area contributed by atoms with Crippen molar-refractivity contribution in [2.24, 2.45) is 0 Å². The lowest BCUT2D eigenvalue weighted by Crippen LogP contribution is -2.32. The molecule has 0 heterocycles. The number of aliphatic hydroxyl groups is 1. The monoisotopic (exact) mass is 284 g/mol. The molecule has 0 fully saturated rings. The minimum Gasteiger partial charge on any atom is -0.393 e. The average Bonchev–Trinajstić information content (AvgIpc) is 2.27. The summed E-state index contributed by atoms with van der Waals surface area (Å²) in [4.78, 5) is 11.8. The molecule has 5 heteroatoms. The van der Waals surface area contributed by atoms with Gasteiger partial charge in [-0.3, -0.25) is 4.79 Å². The summed E-state index contributed by atoms with van der Waals surface area (Å²) in [5, 5.41) is 15.7. The van der Waals surface area contributed by atoms with Crippen molar-refractivity contribution in [2.75, 3.05) is 11.9 Å². The number of benzene rings is 1. The average molecular weight is 285 g/mol. The van der Waals surface area contributed by atoms with Crippen LogP contribution in [0.5, 0.6) is 0 Å². The zero-order chi connectivity index (χ0) is 14.3. The topological polar surface area (TPSA) is 61.4 Å². The molecule has 0 aromatic heterocycles. The van der Waals surface area contributed by atoms with Crippen LogP contribution >= 0.6 is 11.6 Å². The summed E-state index contributed by atoms with van der Waals surface area (Å²) in [7, 11) is 0. The molecule has 0 radical (unpaired) electrons. The molecule has 1 amide bonds. The normalized spacial score (nSPS) is 13.9. The molecule has 1 aromatic rings. The molecule has 2 unspecified atom stereocenters. The van der Waals surface area contributed by atoms with Gasteiger partial charge in [0.05, 0.1) is 6.10 Å². The molecule has 0 aliphatic rings. The molecule has 0 saturated heterocycles. The van der Waals surface area contributed by atoms with Gasteiger partial charge in [0.2, 0.25) is 5.91 Å². The summed E-state index contributed by atoms with van der Waals surface area (Å²) >= 11 is 5.84. The van der Waals surface area contributed by atoms with E-state index in [9.17, 15) is 4.79 Å². The van der Waals surface area contributed by atoms with E-state index >= 15 is 0 Å². The highest BCUT2D eigenvalue weighted by atomic mass is 35.5. The Morgan fingerprint density at radius 2 is 2.16 bits per heavy atom. The van der Waals surface area contributed by atoms with E-state index in [0.29, 0.717) is 30.1 Å². The van der Waals surface area contributed by atoms with Gasteiger partial charge in [-0.05, 0) is 45.0 Å². The van der Waals surface area contributed by atoms with Crippen molar-refractivity contribution in [2.45, 2.75) is 38.8 Å². The highest BCUT2D eigenvalue weighted by Crippen LogP contribution is 2.15. The first-order valence-electron chi connectivity index (χ1n) is 6.44. The van der Waals surface area contributed by atoms with Gasteiger partial charge in [0.25, 0.3) is 0 Å². The Bertz CT molecular complexity index is 410. The number of aliphatic hydroxyl groups excluding tert-OH is 1. The third kappa shape index (κ3) is 7.15. The molecular weight excluding hydrogens is 264 g/mol. The van der Waals surface area contributed by atoms with Crippen LogP contribution in [-0.2, 0) is 4.79 Å². The van der Waals surface area contributed by atoms with Crippen molar-refractivity contribution in [3.8, 4) is 0 Å². The lowest BCUT2D eigenvalue weighted by molar-refractivity contribution is -0.116. The Kier molecular flexibility index (Phi) is 6.84. The van der Waals surface area contributed by atoms with Gasteiger partial charge in [-0.15, -0.1) is 0 Å². The van der Waals surface area contributed by atoms with Crippen molar-refractivity contribution >= 4 is 23.2 Å². The second-order valence-electron chi connectivity index (χ2n) is 4.76.